The molecule has 1 amide bonds. The SMILES string of the molecule is CCC(CC)(CNCC(=O)NC(C)C(C)C)SC. The van der Waals surface area contributed by atoms with Crippen LogP contribution in [-0.4, -0.2) is 36.0 Å². The predicted octanol–water partition coefficient (Wildman–Crippen LogP) is 2.66. The van der Waals surface area contributed by atoms with Gasteiger partial charge in [0.2, 0.25) is 5.91 Å². The molecule has 0 heterocycles. The number of carbonyl (C=O) groups excluding carboxylic acids is 1. The van der Waals surface area contributed by atoms with Crippen molar-refractivity contribution in [3.8, 4) is 0 Å². The van der Waals surface area contributed by atoms with E-state index in [-0.39, 0.29) is 16.7 Å². The molecular formula is C14H30N2OS. The van der Waals surface area contributed by atoms with Gasteiger partial charge in [-0.2, -0.15) is 11.8 Å². The summed E-state index contributed by atoms with van der Waals surface area (Å²) in [6.07, 6.45) is 4.40. The van der Waals surface area contributed by atoms with Crippen molar-refractivity contribution in [1.29, 1.82) is 0 Å². The number of rotatable bonds is 9. The van der Waals surface area contributed by atoms with E-state index in [9.17, 15) is 4.79 Å². The summed E-state index contributed by atoms with van der Waals surface area (Å²) >= 11 is 1.89. The molecule has 108 valence electrons. The molecule has 0 aliphatic heterocycles. The van der Waals surface area contributed by atoms with Crippen molar-refractivity contribution in [1.82, 2.24) is 10.6 Å². The van der Waals surface area contributed by atoms with Gasteiger partial charge in [-0.1, -0.05) is 27.7 Å². The van der Waals surface area contributed by atoms with Gasteiger partial charge in [0.1, 0.15) is 0 Å². The fourth-order valence-electron chi connectivity index (χ4n) is 1.74. The summed E-state index contributed by atoms with van der Waals surface area (Å²) in [6, 6.07) is 0.238. The summed E-state index contributed by atoms with van der Waals surface area (Å²) in [6.45, 7) is 12.0. The Hall–Kier alpha value is -0.220. The van der Waals surface area contributed by atoms with Crippen molar-refractivity contribution in [2.24, 2.45) is 5.92 Å². The van der Waals surface area contributed by atoms with Crippen LogP contribution in [0.3, 0.4) is 0 Å². The molecule has 0 bridgehead atoms. The van der Waals surface area contributed by atoms with Crippen LogP contribution in [0.2, 0.25) is 0 Å². The van der Waals surface area contributed by atoms with Crippen molar-refractivity contribution in [2.45, 2.75) is 58.2 Å². The normalized spacial score (nSPS) is 13.7. The highest BCUT2D eigenvalue weighted by molar-refractivity contribution is 8.00. The number of carbonyl (C=O) groups is 1. The highest BCUT2D eigenvalue weighted by atomic mass is 32.2. The lowest BCUT2D eigenvalue weighted by Gasteiger charge is -2.30. The molecule has 0 spiro atoms. The van der Waals surface area contributed by atoms with Crippen molar-refractivity contribution >= 4 is 17.7 Å². The molecule has 1 unspecified atom stereocenters. The third kappa shape index (κ3) is 6.10. The lowest BCUT2D eigenvalue weighted by atomic mass is 10.0. The van der Waals surface area contributed by atoms with E-state index in [0.717, 1.165) is 19.4 Å². The first-order valence-electron chi connectivity index (χ1n) is 6.96. The molecule has 0 aliphatic carbocycles. The van der Waals surface area contributed by atoms with Gasteiger partial charge in [-0.25, -0.2) is 0 Å². The predicted molar refractivity (Wildman–Crippen MR) is 82.1 cm³/mol. The monoisotopic (exact) mass is 274 g/mol. The van der Waals surface area contributed by atoms with Crippen LogP contribution in [0, 0.1) is 5.92 Å². The molecule has 0 rings (SSSR count). The van der Waals surface area contributed by atoms with Gasteiger partial charge in [0.25, 0.3) is 0 Å². The fraction of sp³-hybridized carbons (Fsp3) is 0.929. The molecule has 3 nitrogen and oxygen atoms in total. The number of nitrogens with one attached hydrogen (secondary N) is 2. The van der Waals surface area contributed by atoms with Gasteiger partial charge in [-0.05, 0) is 31.9 Å². The van der Waals surface area contributed by atoms with Gasteiger partial charge < -0.3 is 10.6 Å². The van der Waals surface area contributed by atoms with Gasteiger partial charge in [0.05, 0.1) is 6.54 Å². The molecule has 2 N–H and O–H groups in total. The third-order valence-electron chi connectivity index (χ3n) is 3.84. The fourth-order valence-corrected chi connectivity index (χ4v) is 2.56. The molecule has 18 heavy (non-hydrogen) atoms. The topological polar surface area (TPSA) is 41.1 Å². The van der Waals surface area contributed by atoms with Gasteiger partial charge in [0.15, 0.2) is 0 Å². The van der Waals surface area contributed by atoms with Crippen molar-refractivity contribution < 1.29 is 4.79 Å². The Morgan fingerprint density at radius 1 is 1.22 bits per heavy atom. The quantitative estimate of drug-likeness (QED) is 0.679. The Labute approximate surface area is 117 Å². The van der Waals surface area contributed by atoms with E-state index >= 15 is 0 Å². The highest BCUT2D eigenvalue weighted by Crippen LogP contribution is 2.29. The second-order valence-corrected chi connectivity index (χ2v) is 6.57. The zero-order chi connectivity index (χ0) is 14.2. The lowest BCUT2D eigenvalue weighted by Crippen LogP contribution is -2.44. The van der Waals surface area contributed by atoms with Crippen LogP contribution in [0.25, 0.3) is 0 Å². The van der Waals surface area contributed by atoms with Gasteiger partial charge >= 0.3 is 0 Å². The summed E-state index contributed by atoms with van der Waals surface area (Å²) < 4.78 is 0.268. The molecule has 0 aromatic rings. The number of thioether (sulfide) groups is 1. The van der Waals surface area contributed by atoms with Gasteiger partial charge in [-0.3, -0.25) is 4.79 Å². The lowest BCUT2D eigenvalue weighted by molar-refractivity contribution is -0.121. The Bertz CT molecular complexity index is 232. The zero-order valence-electron chi connectivity index (χ0n) is 12.8. The largest absolute Gasteiger partial charge is 0.352 e. The maximum Gasteiger partial charge on any atom is 0.234 e. The van der Waals surface area contributed by atoms with Crippen LogP contribution in [0.5, 0.6) is 0 Å². The van der Waals surface area contributed by atoms with Crippen LogP contribution in [0.4, 0.5) is 0 Å². The molecule has 0 fully saturated rings. The van der Waals surface area contributed by atoms with E-state index < -0.39 is 0 Å². The Kier molecular flexibility index (Phi) is 8.70. The smallest absolute Gasteiger partial charge is 0.234 e. The van der Waals surface area contributed by atoms with Crippen molar-refractivity contribution in [3.63, 3.8) is 0 Å². The summed E-state index contributed by atoms with van der Waals surface area (Å²) in [5.41, 5.74) is 0. The second-order valence-electron chi connectivity index (χ2n) is 5.30. The van der Waals surface area contributed by atoms with Crippen LogP contribution >= 0.6 is 11.8 Å². The Morgan fingerprint density at radius 3 is 2.17 bits per heavy atom. The van der Waals surface area contributed by atoms with E-state index in [1.807, 2.05) is 18.7 Å². The Balaban J connectivity index is 4.00. The van der Waals surface area contributed by atoms with E-state index in [1.165, 1.54) is 0 Å². The number of hydrogen-bond donors (Lipinski definition) is 2. The number of hydrogen-bond acceptors (Lipinski definition) is 3. The van der Waals surface area contributed by atoms with E-state index in [0.29, 0.717) is 12.5 Å². The third-order valence-corrected chi connectivity index (χ3v) is 5.43. The molecule has 0 aromatic heterocycles. The van der Waals surface area contributed by atoms with E-state index in [1.54, 1.807) is 0 Å². The van der Waals surface area contributed by atoms with Gasteiger partial charge in [0, 0.05) is 17.3 Å². The van der Waals surface area contributed by atoms with Crippen LogP contribution in [0.1, 0.15) is 47.5 Å². The summed E-state index contributed by atoms with van der Waals surface area (Å²) in [5, 5.41) is 6.30. The average molecular weight is 274 g/mol. The molecule has 4 heteroatoms. The minimum Gasteiger partial charge on any atom is -0.352 e. The molecule has 0 aromatic carbocycles. The standard InChI is InChI=1S/C14H30N2OS/c1-7-14(8-2,18-6)10-15-9-13(17)16-12(5)11(3)4/h11-12,15H,7-10H2,1-6H3,(H,16,17). The van der Waals surface area contributed by atoms with E-state index in [2.05, 4.69) is 44.6 Å². The maximum atomic E-state index is 11.7. The zero-order valence-corrected chi connectivity index (χ0v) is 13.6. The first-order chi connectivity index (χ1) is 8.40. The molecule has 0 radical (unpaired) electrons. The van der Waals surface area contributed by atoms with Crippen LogP contribution < -0.4 is 10.6 Å². The Morgan fingerprint density at radius 2 is 1.78 bits per heavy atom. The highest BCUT2D eigenvalue weighted by Gasteiger charge is 2.24. The molecular weight excluding hydrogens is 244 g/mol. The minimum absolute atomic E-state index is 0.0957. The molecule has 0 saturated heterocycles. The van der Waals surface area contributed by atoms with Crippen molar-refractivity contribution in [2.75, 3.05) is 19.3 Å². The second kappa shape index (κ2) is 8.81. The molecule has 0 aliphatic rings. The van der Waals surface area contributed by atoms with Crippen molar-refractivity contribution in [3.05, 3.63) is 0 Å². The van der Waals surface area contributed by atoms with Gasteiger partial charge in [-0.15, -0.1) is 0 Å². The minimum atomic E-state index is 0.0957. The van der Waals surface area contributed by atoms with Crippen LogP contribution in [0.15, 0.2) is 0 Å². The summed E-state index contributed by atoms with van der Waals surface area (Å²) in [5.74, 6) is 0.573. The maximum absolute atomic E-state index is 11.7. The molecule has 1 atom stereocenters. The van der Waals surface area contributed by atoms with E-state index in [4.69, 9.17) is 0 Å². The summed E-state index contributed by atoms with van der Waals surface area (Å²) in [7, 11) is 0. The summed E-state index contributed by atoms with van der Waals surface area (Å²) in [4.78, 5) is 11.7. The van der Waals surface area contributed by atoms with Crippen LogP contribution in [-0.2, 0) is 4.79 Å². The first kappa shape index (κ1) is 17.8. The first-order valence-corrected chi connectivity index (χ1v) is 8.18. The number of amides is 1. The molecule has 0 saturated carbocycles. The average Bonchev–Trinajstić information content (AvgIpc) is 2.35.